The summed E-state index contributed by atoms with van der Waals surface area (Å²) in [5.41, 5.74) is 3.32. The van der Waals surface area contributed by atoms with E-state index in [9.17, 15) is 14.9 Å². The molecule has 142 valence electrons. The SMILES string of the molecule is CCCCc1nc(C=C=c2s/c(=C(/C#N)C(=O)NCC)n(CC)c2=O)c[nH]1. The van der Waals surface area contributed by atoms with Crippen LogP contribution in [0.25, 0.3) is 17.4 Å². The predicted octanol–water partition coefficient (Wildman–Crippen LogP) is 0.899. The number of carbonyl (C=O) groups excluding carboxylic acids is 1. The van der Waals surface area contributed by atoms with E-state index in [-0.39, 0.29) is 11.1 Å². The van der Waals surface area contributed by atoms with Crippen LogP contribution in [-0.4, -0.2) is 27.0 Å². The van der Waals surface area contributed by atoms with Crippen molar-refractivity contribution in [3.05, 3.63) is 37.3 Å². The molecule has 2 heterocycles. The molecule has 0 fully saturated rings. The molecule has 1 amide bonds. The minimum atomic E-state index is -0.480. The molecule has 0 radical (unpaired) electrons. The van der Waals surface area contributed by atoms with Crippen LogP contribution < -0.4 is 20.1 Å². The summed E-state index contributed by atoms with van der Waals surface area (Å²) < 4.78 is 2.10. The van der Waals surface area contributed by atoms with Gasteiger partial charge in [-0.15, -0.1) is 11.3 Å². The van der Waals surface area contributed by atoms with Crippen LogP contribution in [0.5, 0.6) is 0 Å². The Balaban J connectivity index is 2.56. The Morgan fingerprint density at radius 1 is 1.44 bits per heavy atom. The van der Waals surface area contributed by atoms with Crippen molar-refractivity contribution in [2.45, 2.75) is 46.6 Å². The highest BCUT2D eigenvalue weighted by atomic mass is 32.1. The maximum Gasteiger partial charge on any atom is 0.277 e. The molecule has 2 aromatic heterocycles. The van der Waals surface area contributed by atoms with Crippen molar-refractivity contribution in [1.29, 1.82) is 5.26 Å². The number of hydrogen-bond acceptors (Lipinski definition) is 5. The third-order valence-electron chi connectivity index (χ3n) is 3.86. The van der Waals surface area contributed by atoms with E-state index in [1.165, 1.54) is 4.57 Å². The average molecular weight is 385 g/mol. The summed E-state index contributed by atoms with van der Waals surface area (Å²) in [6.45, 7) is 6.46. The molecule has 0 saturated carbocycles. The van der Waals surface area contributed by atoms with Gasteiger partial charge in [0.2, 0.25) is 0 Å². The predicted molar refractivity (Wildman–Crippen MR) is 106 cm³/mol. The lowest BCUT2D eigenvalue weighted by Gasteiger charge is -2.00. The second-order valence-electron chi connectivity index (χ2n) is 5.80. The van der Waals surface area contributed by atoms with Crippen LogP contribution in [0.4, 0.5) is 0 Å². The number of nitrogens with zero attached hydrogens (tertiary/aromatic N) is 3. The Hall–Kier alpha value is -2.88. The Bertz CT molecular complexity index is 1060. The van der Waals surface area contributed by atoms with E-state index in [4.69, 9.17) is 0 Å². The van der Waals surface area contributed by atoms with Crippen molar-refractivity contribution in [3.63, 3.8) is 0 Å². The van der Waals surface area contributed by atoms with Gasteiger partial charge in [-0.05, 0) is 20.3 Å². The second-order valence-corrected chi connectivity index (χ2v) is 6.80. The lowest BCUT2D eigenvalue weighted by molar-refractivity contribution is -0.115. The van der Waals surface area contributed by atoms with E-state index in [0.717, 1.165) is 36.4 Å². The molecule has 2 N–H and O–H groups in total. The molecule has 0 aromatic carbocycles. The number of carbonyl (C=O) groups is 1. The third-order valence-corrected chi connectivity index (χ3v) is 4.97. The van der Waals surface area contributed by atoms with E-state index in [1.54, 1.807) is 26.1 Å². The van der Waals surface area contributed by atoms with Gasteiger partial charge in [-0.1, -0.05) is 19.1 Å². The Labute approximate surface area is 161 Å². The minimum Gasteiger partial charge on any atom is -0.352 e. The number of aromatic nitrogens is 3. The van der Waals surface area contributed by atoms with Crippen LogP contribution >= 0.6 is 11.3 Å². The Kier molecular flexibility index (Phi) is 7.35. The van der Waals surface area contributed by atoms with Gasteiger partial charge >= 0.3 is 0 Å². The highest BCUT2D eigenvalue weighted by Gasteiger charge is 2.14. The second kappa shape index (κ2) is 9.72. The first kappa shape index (κ1) is 20.4. The van der Waals surface area contributed by atoms with Crippen LogP contribution in [0.2, 0.25) is 0 Å². The molecule has 0 atom stereocenters. The number of nitriles is 1. The van der Waals surface area contributed by atoms with Gasteiger partial charge in [0.05, 0.1) is 5.69 Å². The highest BCUT2D eigenvalue weighted by molar-refractivity contribution is 7.07. The van der Waals surface area contributed by atoms with Gasteiger partial charge in [-0.25, -0.2) is 4.98 Å². The van der Waals surface area contributed by atoms with Gasteiger partial charge in [-0.3, -0.25) is 14.2 Å². The molecule has 0 unspecified atom stereocenters. The summed E-state index contributed by atoms with van der Waals surface area (Å²) in [7, 11) is 0. The molecule has 0 aliphatic heterocycles. The quantitative estimate of drug-likeness (QED) is 0.739. The molecule has 0 aliphatic carbocycles. The summed E-state index contributed by atoms with van der Waals surface area (Å²) in [6.07, 6.45) is 6.44. The normalized spacial score (nSPS) is 11.5. The number of rotatable bonds is 7. The van der Waals surface area contributed by atoms with Gasteiger partial charge in [0.15, 0.2) is 5.57 Å². The number of thiazole rings is 1. The summed E-state index contributed by atoms with van der Waals surface area (Å²) in [6, 6.07) is 1.91. The molecular weight excluding hydrogens is 362 g/mol. The number of nitrogens with one attached hydrogen (secondary N) is 2. The fourth-order valence-electron chi connectivity index (χ4n) is 2.48. The fraction of sp³-hybridized carbons (Fsp3) is 0.421. The maximum atomic E-state index is 12.6. The van der Waals surface area contributed by atoms with Crippen LogP contribution in [0, 0.1) is 11.3 Å². The van der Waals surface area contributed by atoms with Gasteiger partial charge in [-0.2, -0.15) is 5.26 Å². The largest absolute Gasteiger partial charge is 0.352 e. The van der Waals surface area contributed by atoms with Crippen LogP contribution in [0.1, 0.15) is 45.1 Å². The topological polar surface area (TPSA) is 104 Å². The standard InChI is InChI=1S/C19H23N5O2S/c1-4-7-8-16-22-12-13(23-16)9-10-15-18(26)24(6-3)19(27-15)14(11-20)17(25)21-5-2/h9,12H,4-8H2,1-3H3,(H,21,25)(H,22,23)/b19-14-. The van der Waals surface area contributed by atoms with Crippen LogP contribution in [0.3, 0.4) is 0 Å². The molecule has 0 aliphatic rings. The summed E-state index contributed by atoms with van der Waals surface area (Å²) >= 11 is 1.09. The molecule has 8 heteroatoms. The minimum absolute atomic E-state index is 0.0597. The van der Waals surface area contributed by atoms with E-state index in [2.05, 4.69) is 27.9 Å². The number of aryl methyl sites for hydroxylation is 1. The first-order valence-electron chi connectivity index (χ1n) is 8.98. The summed E-state index contributed by atoms with van der Waals surface area (Å²) in [5, 5.41) is 12.0. The fourth-order valence-corrected chi connectivity index (χ4v) is 3.55. The zero-order valence-corrected chi connectivity index (χ0v) is 16.6. The molecule has 0 bridgehead atoms. The third kappa shape index (κ3) is 4.85. The Morgan fingerprint density at radius 3 is 2.85 bits per heavy atom. The van der Waals surface area contributed by atoms with Gasteiger partial charge in [0.25, 0.3) is 11.5 Å². The van der Waals surface area contributed by atoms with E-state index in [0.29, 0.717) is 28.0 Å². The van der Waals surface area contributed by atoms with Crippen molar-refractivity contribution in [3.8, 4) is 6.07 Å². The van der Waals surface area contributed by atoms with Crippen molar-refractivity contribution in [2.24, 2.45) is 0 Å². The van der Waals surface area contributed by atoms with Gasteiger partial charge < -0.3 is 10.3 Å². The van der Waals surface area contributed by atoms with Crippen LogP contribution in [-0.2, 0) is 17.8 Å². The summed E-state index contributed by atoms with van der Waals surface area (Å²) in [4.78, 5) is 32.3. The van der Waals surface area contributed by atoms with Crippen molar-refractivity contribution < 1.29 is 4.79 Å². The lowest BCUT2D eigenvalue weighted by Crippen LogP contribution is -2.34. The lowest BCUT2D eigenvalue weighted by atomic mass is 10.2. The number of aromatic amines is 1. The molecule has 0 saturated heterocycles. The van der Waals surface area contributed by atoms with E-state index >= 15 is 0 Å². The number of imidazole rings is 1. The first-order valence-corrected chi connectivity index (χ1v) is 9.80. The molecule has 2 aromatic rings. The molecule has 2 rings (SSSR count). The highest BCUT2D eigenvalue weighted by Crippen LogP contribution is 2.03. The Morgan fingerprint density at radius 2 is 2.22 bits per heavy atom. The maximum absolute atomic E-state index is 12.6. The van der Waals surface area contributed by atoms with Crippen molar-refractivity contribution >= 4 is 34.6 Å². The smallest absolute Gasteiger partial charge is 0.277 e. The average Bonchev–Trinajstić information content (AvgIpc) is 3.23. The van der Waals surface area contributed by atoms with Gasteiger partial charge in [0, 0.05) is 31.8 Å². The summed E-state index contributed by atoms with van der Waals surface area (Å²) in [5.74, 6) is 0.422. The van der Waals surface area contributed by atoms with Crippen molar-refractivity contribution in [2.75, 3.05) is 6.54 Å². The zero-order valence-electron chi connectivity index (χ0n) is 15.8. The number of hydrogen-bond donors (Lipinski definition) is 2. The number of H-pyrrole nitrogens is 1. The van der Waals surface area contributed by atoms with Crippen LogP contribution in [0.15, 0.2) is 11.0 Å². The monoisotopic (exact) mass is 385 g/mol. The molecule has 0 spiro atoms. The molecule has 7 nitrogen and oxygen atoms in total. The first-order chi connectivity index (χ1) is 13.0. The zero-order chi connectivity index (χ0) is 19.8. The molecular formula is C19H23N5O2S. The van der Waals surface area contributed by atoms with Crippen molar-refractivity contribution in [1.82, 2.24) is 19.9 Å². The van der Waals surface area contributed by atoms with E-state index < -0.39 is 5.91 Å². The van der Waals surface area contributed by atoms with E-state index in [1.807, 2.05) is 6.07 Å². The number of unbranched alkanes of at least 4 members (excludes halogenated alkanes) is 1. The molecule has 27 heavy (non-hydrogen) atoms. The number of amides is 1. The van der Waals surface area contributed by atoms with Gasteiger partial charge in [0.1, 0.15) is 21.1 Å².